The molecule has 3 N–H and O–H groups in total. The van der Waals surface area contributed by atoms with Crippen molar-refractivity contribution in [1.29, 1.82) is 0 Å². The van der Waals surface area contributed by atoms with Crippen LogP contribution in [0.2, 0.25) is 10.0 Å². The van der Waals surface area contributed by atoms with E-state index in [-0.39, 0.29) is 6.54 Å². The molecule has 1 aromatic heterocycles. The van der Waals surface area contributed by atoms with Gasteiger partial charge in [-0.3, -0.25) is 9.59 Å². The van der Waals surface area contributed by atoms with Crippen molar-refractivity contribution in [2.24, 2.45) is 7.05 Å². The molecule has 214 valence electrons. The highest BCUT2D eigenvalue weighted by molar-refractivity contribution is 6.45. The second kappa shape index (κ2) is 12.3. The van der Waals surface area contributed by atoms with Gasteiger partial charge in [-0.05, 0) is 50.1 Å². The standard InChI is InChI=1S/C31H31Cl2N3O5/c1-31(2,3)41-30(40)34-17-23(35-29(39)25-16-21-24(36(25)4)15-14-22(32)26(21)33)18-10-12-20(13-11-18)28(38)27(37)19-8-6-5-7-9-19/h5-16,23,28,38H,17H2,1-4H3,(H,34,40)(H,35,39). The van der Waals surface area contributed by atoms with E-state index in [1.54, 1.807) is 105 Å². The smallest absolute Gasteiger partial charge is 0.407 e. The fraction of sp³-hybridized carbons (Fsp3) is 0.258. The molecule has 0 fully saturated rings. The third kappa shape index (κ3) is 7.08. The van der Waals surface area contributed by atoms with Gasteiger partial charge in [-0.15, -0.1) is 0 Å². The number of aromatic nitrogens is 1. The van der Waals surface area contributed by atoms with Crippen LogP contribution in [0.5, 0.6) is 0 Å². The van der Waals surface area contributed by atoms with E-state index in [2.05, 4.69) is 10.6 Å². The van der Waals surface area contributed by atoms with Crippen molar-refractivity contribution in [2.75, 3.05) is 6.54 Å². The van der Waals surface area contributed by atoms with Gasteiger partial charge in [0.25, 0.3) is 5.91 Å². The number of carbonyl (C=O) groups is 3. The van der Waals surface area contributed by atoms with Crippen LogP contribution in [0, 0.1) is 0 Å². The Morgan fingerprint density at radius 1 is 0.951 bits per heavy atom. The monoisotopic (exact) mass is 595 g/mol. The highest BCUT2D eigenvalue weighted by Gasteiger charge is 2.24. The first kappa shape index (κ1) is 30.1. The first-order chi connectivity index (χ1) is 19.4. The third-order valence-corrected chi connectivity index (χ3v) is 7.28. The predicted molar refractivity (Wildman–Crippen MR) is 160 cm³/mol. The predicted octanol–water partition coefficient (Wildman–Crippen LogP) is 6.40. The maximum absolute atomic E-state index is 13.5. The lowest BCUT2D eigenvalue weighted by atomic mass is 9.97. The molecular weight excluding hydrogens is 565 g/mol. The number of rotatable bonds is 8. The van der Waals surface area contributed by atoms with Crippen molar-refractivity contribution in [3.05, 3.63) is 105 Å². The summed E-state index contributed by atoms with van der Waals surface area (Å²) in [7, 11) is 1.75. The lowest BCUT2D eigenvalue weighted by molar-refractivity contribution is 0.0519. The summed E-state index contributed by atoms with van der Waals surface area (Å²) in [5.74, 6) is -0.834. The second-order valence-electron chi connectivity index (χ2n) is 10.6. The number of halogens is 2. The lowest BCUT2D eigenvalue weighted by Crippen LogP contribution is -2.40. The molecule has 0 aliphatic carbocycles. The minimum Gasteiger partial charge on any atom is -0.444 e. The Labute approximate surface area is 248 Å². The molecule has 0 saturated carbocycles. The Morgan fingerprint density at radius 2 is 1.59 bits per heavy atom. The highest BCUT2D eigenvalue weighted by Crippen LogP contribution is 2.32. The topological polar surface area (TPSA) is 110 Å². The summed E-state index contributed by atoms with van der Waals surface area (Å²) in [5, 5.41) is 17.7. The summed E-state index contributed by atoms with van der Waals surface area (Å²) in [4.78, 5) is 38.6. The van der Waals surface area contributed by atoms with E-state index in [9.17, 15) is 19.5 Å². The van der Waals surface area contributed by atoms with Gasteiger partial charge in [0.15, 0.2) is 5.78 Å². The zero-order valence-corrected chi connectivity index (χ0v) is 24.6. The van der Waals surface area contributed by atoms with Gasteiger partial charge in [0.05, 0.1) is 16.1 Å². The number of ether oxygens (including phenoxy) is 1. The summed E-state index contributed by atoms with van der Waals surface area (Å²) in [6.07, 6.45) is -1.99. The Kier molecular flexibility index (Phi) is 9.07. The van der Waals surface area contributed by atoms with Gasteiger partial charge in [0.1, 0.15) is 17.4 Å². The quantitative estimate of drug-likeness (QED) is 0.204. The van der Waals surface area contributed by atoms with Gasteiger partial charge in [0.2, 0.25) is 0 Å². The molecule has 0 aliphatic rings. The molecule has 2 amide bonds. The average Bonchev–Trinajstić information content (AvgIpc) is 3.28. The number of hydrogen-bond donors (Lipinski definition) is 3. The number of ketones is 1. The largest absolute Gasteiger partial charge is 0.444 e. The second-order valence-corrected chi connectivity index (χ2v) is 11.4. The first-order valence-corrected chi connectivity index (χ1v) is 13.7. The number of Topliss-reactive ketones (excluding diaryl/α,β-unsaturated/α-hetero) is 1. The molecule has 0 spiro atoms. The normalized spacial score (nSPS) is 13.0. The van der Waals surface area contributed by atoms with Crippen molar-refractivity contribution in [2.45, 2.75) is 38.5 Å². The summed E-state index contributed by atoms with van der Waals surface area (Å²) in [6.45, 7) is 5.28. The molecule has 0 bridgehead atoms. The number of aliphatic hydroxyl groups excluding tert-OH is 1. The van der Waals surface area contributed by atoms with E-state index >= 15 is 0 Å². The van der Waals surface area contributed by atoms with E-state index in [0.29, 0.717) is 37.8 Å². The summed E-state index contributed by atoms with van der Waals surface area (Å²) < 4.78 is 7.06. The fourth-order valence-electron chi connectivity index (χ4n) is 4.37. The van der Waals surface area contributed by atoms with Crippen LogP contribution in [0.15, 0.2) is 72.8 Å². The molecule has 8 nitrogen and oxygen atoms in total. The maximum atomic E-state index is 13.5. The number of aryl methyl sites for hydroxylation is 1. The highest BCUT2D eigenvalue weighted by atomic mass is 35.5. The van der Waals surface area contributed by atoms with Crippen molar-refractivity contribution in [3.63, 3.8) is 0 Å². The van der Waals surface area contributed by atoms with Gasteiger partial charge in [-0.2, -0.15) is 0 Å². The zero-order valence-electron chi connectivity index (χ0n) is 23.1. The van der Waals surface area contributed by atoms with Crippen LogP contribution in [0.1, 0.15) is 64.9 Å². The van der Waals surface area contributed by atoms with Crippen LogP contribution < -0.4 is 10.6 Å². The van der Waals surface area contributed by atoms with Gasteiger partial charge in [0, 0.05) is 30.1 Å². The Morgan fingerprint density at radius 3 is 2.22 bits per heavy atom. The van der Waals surface area contributed by atoms with E-state index < -0.39 is 35.5 Å². The Hall–Kier alpha value is -3.85. The Bertz CT molecular complexity index is 1580. The molecule has 10 heteroatoms. The summed E-state index contributed by atoms with van der Waals surface area (Å²) in [6, 6.07) is 19.6. The van der Waals surface area contributed by atoms with Gasteiger partial charge < -0.3 is 25.0 Å². The fourth-order valence-corrected chi connectivity index (χ4v) is 4.75. The maximum Gasteiger partial charge on any atom is 0.407 e. The number of hydrogen-bond acceptors (Lipinski definition) is 5. The van der Waals surface area contributed by atoms with Crippen molar-refractivity contribution in [1.82, 2.24) is 15.2 Å². The van der Waals surface area contributed by atoms with Gasteiger partial charge >= 0.3 is 6.09 Å². The van der Waals surface area contributed by atoms with Crippen molar-refractivity contribution in [3.8, 4) is 0 Å². The first-order valence-electron chi connectivity index (χ1n) is 12.9. The lowest BCUT2D eigenvalue weighted by Gasteiger charge is -2.23. The van der Waals surface area contributed by atoms with Crippen LogP contribution >= 0.6 is 23.2 Å². The number of benzene rings is 3. The molecule has 3 aromatic carbocycles. The summed E-state index contributed by atoms with van der Waals surface area (Å²) >= 11 is 12.5. The minimum atomic E-state index is -1.35. The third-order valence-electron chi connectivity index (χ3n) is 6.46. The molecular formula is C31H31Cl2N3O5. The number of nitrogens with zero attached hydrogens (tertiary/aromatic N) is 1. The zero-order chi connectivity index (χ0) is 29.9. The number of carbonyl (C=O) groups excluding carboxylic acids is 3. The molecule has 0 radical (unpaired) electrons. The molecule has 4 aromatic rings. The number of nitrogens with one attached hydrogen (secondary N) is 2. The van der Waals surface area contributed by atoms with Crippen LogP contribution in [0.4, 0.5) is 4.79 Å². The summed E-state index contributed by atoms with van der Waals surface area (Å²) in [5.41, 5.74) is 1.80. The van der Waals surface area contributed by atoms with Crippen LogP contribution in [-0.4, -0.2) is 39.6 Å². The number of alkyl carbamates (subject to hydrolysis) is 1. The SMILES string of the molecule is Cn1c(C(=O)NC(CNC(=O)OC(C)(C)C)c2ccc(C(O)C(=O)c3ccccc3)cc2)cc2c(Cl)c(Cl)ccc21. The average molecular weight is 597 g/mol. The molecule has 41 heavy (non-hydrogen) atoms. The minimum absolute atomic E-state index is 0.0159. The van der Waals surface area contributed by atoms with E-state index in [0.717, 1.165) is 5.52 Å². The van der Waals surface area contributed by atoms with E-state index in [4.69, 9.17) is 27.9 Å². The van der Waals surface area contributed by atoms with Crippen LogP contribution in [-0.2, 0) is 11.8 Å². The van der Waals surface area contributed by atoms with Crippen LogP contribution in [0.25, 0.3) is 10.9 Å². The van der Waals surface area contributed by atoms with E-state index in [1.165, 1.54) is 0 Å². The molecule has 4 rings (SSSR count). The molecule has 2 atom stereocenters. The molecule has 1 heterocycles. The van der Waals surface area contributed by atoms with Gasteiger partial charge in [-0.1, -0.05) is 77.8 Å². The number of fused-ring (bicyclic) bond motifs is 1. The molecule has 2 unspecified atom stereocenters. The van der Waals surface area contributed by atoms with Crippen molar-refractivity contribution >= 4 is 51.9 Å². The molecule has 0 aliphatic heterocycles. The van der Waals surface area contributed by atoms with Crippen LogP contribution in [0.3, 0.4) is 0 Å². The number of amides is 2. The van der Waals surface area contributed by atoms with Gasteiger partial charge in [-0.25, -0.2) is 4.79 Å². The molecule has 0 saturated heterocycles. The van der Waals surface area contributed by atoms with Crippen molar-refractivity contribution < 1.29 is 24.2 Å². The van der Waals surface area contributed by atoms with E-state index in [1.807, 2.05) is 0 Å². The Balaban J connectivity index is 1.59. The number of aliphatic hydroxyl groups is 1.